The second-order valence-corrected chi connectivity index (χ2v) is 8.14. The predicted octanol–water partition coefficient (Wildman–Crippen LogP) is 4.54. The zero-order valence-corrected chi connectivity index (χ0v) is 18.5. The van der Waals surface area contributed by atoms with E-state index in [4.69, 9.17) is 11.6 Å². The molecule has 168 valence electrons. The SMILES string of the molecule is O=C(CNc1ccccc1C(=O)Nc1ccc(Cl)cc1)Nc1ccccc1C(=O)NC1CC1. The first kappa shape index (κ1) is 22.4. The molecule has 0 heterocycles. The number of carbonyl (C=O) groups excluding carboxylic acids is 3. The van der Waals surface area contributed by atoms with E-state index in [1.165, 1.54) is 0 Å². The average Bonchev–Trinajstić information content (AvgIpc) is 3.63. The van der Waals surface area contributed by atoms with Crippen LogP contribution in [0.2, 0.25) is 5.02 Å². The zero-order chi connectivity index (χ0) is 23.2. The van der Waals surface area contributed by atoms with Crippen LogP contribution >= 0.6 is 11.6 Å². The van der Waals surface area contributed by atoms with Gasteiger partial charge in [0.25, 0.3) is 11.8 Å². The second kappa shape index (κ2) is 10.2. The van der Waals surface area contributed by atoms with Crippen molar-refractivity contribution in [2.45, 2.75) is 18.9 Å². The molecule has 0 unspecified atom stereocenters. The Balaban J connectivity index is 1.39. The molecule has 4 N–H and O–H groups in total. The van der Waals surface area contributed by atoms with Gasteiger partial charge in [-0.25, -0.2) is 0 Å². The fourth-order valence-corrected chi connectivity index (χ4v) is 3.34. The maximum Gasteiger partial charge on any atom is 0.257 e. The van der Waals surface area contributed by atoms with Crippen molar-refractivity contribution >= 4 is 46.4 Å². The topological polar surface area (TPSA) is 99.3 Å². The van der Waals surface area contributed by atoms with E-state index in [0.29, 0.717) is 33.2 Å². The van der Waals surface area contributed by atoms with Crippen molar-refractivity contribution in [1.82, 2.24) is 5.32 Å². The van der Waals surface area contributed by atoms with Crippen LogP contribution in [0.5, 0.6) is 0 Å². The summed E-state index contributed by atoms with van der Waals surface area (Å²) in [5.74, 6) is -0.858. The van der Waals surface area contributed by atoms with Crippen molar-refractivity contribution in [1.29, 1.82) is 0 Å². The Morgan fingerprint density at radius 2 is 1.36 bits per heavy atom. The Morgan fingerprint density at radius 1 is 0.758 bits per heavy atom. The highest BCUT2D eigenvalue weighted by Gasteiger charge is 2.25. The molecule has 3 aromatic carbocycles. The summed E-state index contributed by atoms with van der Waals surface area (Å²) in [5.41, 5.74) is 2.37. The highest BCUT2D eigenvalue weighted by atomic mass is 35.5. The van der Waals surface area contributed by atoms with Gasteiger partial charge in [0.2, 0.25) is 5.91 Å². The largest absolute Gasteiger partial charge is 0.376 e. The molecule has 0 aromatic heterocycles. The highest BCUT2D eigenvalue weighted by molar-refractivity contribution is 6.30. The van der Waals surface area contributed by atoms with Gasteiger partial charge in [-0.2, -0.15) is 0 Å². The van der Waals surface area contributed by atoms with Crippen molar-refractivity contribution in [3.8, 4) is 0 Å². The maximum atomic E-state index is 12.7. The lowest BCUT2D eigenvalue weighted by Gasteiger charge is -2.14. The summed E-state index contributed by atoms with van der Waals surface area (Å²) in [6.07, 6.45) is 1.96. The molecule has 1 fully saturated rings. The molecule has 0 bridgehead atoms. The van der Waals surface area contributed by atoms with Crippen LogP contribution in [0.15, 0.2) is 72.8 Å². The molecule has 1 aliphatic rings. The minimum Gasteiger partial charge on any atom is -0.376 e. The van der Waals surface area contributed by atoms with Gasteiger partial charge >= 0.3 is 0 Å². The van der Waals surface area contributed by atoms with E-state index in [0.717, 1.165) is 12.8 Å². The number of para-hydroxylation sites is 2. The third kappa shape index (κ3) is 6.11. The van der Waals surface area contributed by atoms with Gasteiger partial charge in [0.15, 0.2) is 0 Å². The van der Waals surface area contributed by atoms with Crippen molar-refractivity contribution < 1.29 is 14.4 Å². The number of carbonyl (C=O) groups is 3. The highest BCUT2D eigenvalue weighted by Crippen LogP contribution is 2.22. The quantitative estimate of drug-likeness (QED) is 0.395. The molecule has 3 amide bonds. The predicted molar refractivity (Wildman–Crippen MR) is 130 cm³/mol. The number of rotatable bonds is 8. The molecule has 1 saturated carbocycles. The standard InChI is InChI=1S/C25H23ClN4O3/c26-16-9-11-17(12-10-16)28-24(32)19-5-1-3-7-21(19)27-15-23(31)30-22-8-4-2-6-20(22)25(33)29-18-13-14-18/h1-12,18,27H,13-15H2,(H,28,32)(H,29,33)(H,30,31). The molecule has 0 radical (unpaired) electrons. The normalized spacial score (nSPS) is 12.5. The number of halogens is 1. The Morgan fingerprint density at radius 3 is 2.03 bits per heavy atom. The van der Waals surface area contributed by atoms with Gasteiger partial charge in [0, 0.05) is 22.4 Å². The summed E-state index contributed by atoms with van der Waals surface area (Å²) in [5, 5.41) is 12.1. The van der Waals surface area contributed by atoms with Gasteiger partial charge in [-0.3, -0.25) is 14.4 Å². The Labute approximate surface area is 196 Å². The molecular formula is C25H23ClN4O3. The van der Waals surface area contributed by atoms with E-state index in [2.05, 4.69) is 21.3 Å². The monoisotopic (exact) mass is 462 g/mol. The molecule has 33 heavy (non-hydrogen) atoms. The van der Waals surface area contributed by atoms with Gasteiger partial charge in [-0.15, -0.1) is 0 Å². The molecule has 1 aliphatic carbocycles. The molecule has 0 saturated heterocycles. The Kier molecular flexibility index (Phi) is 6.90. The summed E-state index contributed by atoms with van der Waals surface area (Å²) in [7, 11) is 0. The molecule has 4 rings (SSSR count). The number of hydrogen-bond acceptors (Lipinski definition) is 4. The molecular weight excluding hydrogens is 440 g/mol. The summed E-state index contributed by atoms with van der Waals surface area (Å²) in [6, 6.07) is 20.8. The van der Waals surface area contributed by atoms with Gasteiger partial charge < -0.3 is 21.3 Å². The molecule has 8 heteroatoms. The Bertz CT molecular complexity index is 1180. The number of nitrogens with one attached hydrogen (secondary N) is 4. The lowest BCUT2D eigenvalue weighted by molar-refractivity contribution is -0.114. The molecule has 0 aliphatic heterocycles. The summed E-state index contributed by atoms with van der Waals surface area (Å²) < 4.78 is 0. The third-order valence-electron chi connectivity index (χ3n) is 5.07. The van der Waals surface area contributed by atoms with Gasteiger partial charge in [-0.1, -0.05) is 35.9 Å². The zero-order valence-electron chi connectivity index (χ0n) is 17.7. The van der Waals surface area contributed by atoms with Crippen LogP contribution in [0.25, 0.3) is 0 Å². The van der Waals surface area contributed by atoms with Crippen LogP contribution in [0.3, 0.4) is 0 Å². The summed E-state index contributed by atoms with van der Waals surface area (Å²) in [4.78, 5) is 37.8. The second-order valence-electron chi connectivity index (χ2n) is 7.70. The fraction of sp³-hybridized carbons (Fsp3) is 0.160. The van der Waals surface area contributed by atoms with Crippen LogP contribution in [0, 0.1) is 0 Å². The van der Waals surface area contributed by atoms with Gasteiger partial charge in [0.1, 0.15) is 0 Å². The fourth-order valence-electron chi connectivity index (χ4n) is 3.22. The lowest BCUT2D eigenvalue weighted by Crippen LogP contribution is -2.28. The van der Waals surface area contributed by atoms with Crippen LogP contribution in [0.4, 0.5) is 17.1 Å². The number of anilines is 3. The lowest BCUT2D eigenvalue weighted by atomic mass is 10.1. The maximum absolute atomic E-state index is 12.7. The van der Waals surface area contributed by atoms with Crippen molar-refractivity contribution in [3.63, 3.8) is 0 Å². The van der Waals surface area contributed by atoms with Gasteiger partial charge in [0.05, 0.1) is 23.4 Å². The minimum atomic E-state index is -0.338. The number of hydrogen-bond donors (Lipinski definition) is 4. The smallest absolute Gasteiger partial charge is 0.257 e. The molecule has 7 nitrogen and oxygen atoms in total. The van der Waals surface area contributed by atoms with Crippen LogP contribution in [-0.4, -0.2) is 30.3 Å². The first-order valence-electron chi connectivity index (χ1n) is 10.6. The average molecular weight is 463 g/mol. The van der Waals surface area contributed by atoms with Crippen molar-refractivity contribution in [2.24, 2.45) is 0 Å². The van der Waals surface area contributed by atoms with E-state index in [9.17, 15) is 14.4 Å². The number of amides is 3. The van der Waals surface area contributed by atoms with E-state index in [1.807, 2.05) is 0 Å². The minimum absolute atomic E-state index is 0.0795. The van der Waals surface area contributed by atoms with E-state index in [1.54, 1.807) is 72.8 Å². The van der Waals surface area contributed by atoms with E-state index < -0.39 is 0 Å². The number of benzene rings is 3. The summed E-state index contributed by atoms with van der Waals surface area (Å²) >= 11 is 5.89. The Hall–Kier alpha value is -3.84. The third-order valence-corrected chi connectivity index (χ3v) is 5.32. The van der Waals surface area contributed by atoms with E-state index in [-0.39, 0.29) is 30.3 Å². The van der Waals surface area contributed by atoms with Crippen LogP contribution in [0.1, 0.15) is 33.6 Å². The van der Waals surface area contributed by atoms with Gasteiger partial charge in [-0.05, 0) is 61.4 Å². The first-order valence-corrected chi connectivity index (χ1v) is 11.0. The summed E-state index contributed by atoms with van der Waals surface area (Å²) in [6.45, 7) is -0.0795. The van der Waals surface area contributed by atoms with Crippen LogP contribution in [-0.2, 0) is 4.79 Å². The van der Waals surface area contributed by atoms with Crippen LogP contribution < -0.4 is 21.3 Å². The van der Waals surface area contributed by atoms with Crippen molar-refractivity contribution in [3.05, 3.63) is 88.9 Å². The van der Waals surface area contributed by atoms with Crippen molar-refractivity contribution in [2.75, 3.05) is 22.5 Å². The molecule has 0 atom stereocenters. The van der Waals surface area contributed by atoms with E-state index >= 15 is 0 Å². The molecule has 0 spiro atoms. The first-order chi connectivity index (χ1) is 16.0. The molecule has 3 aromatic rings.